The van der Waals surface area contributed by atoms with Crippen molar-refractivity contribution in [3.8, 4) is 0 Å². The van der Waals surface area contributed by atoms with Gasteiger partial charge in [-0.1, -0.05) is 38.5 Å². The zero-order valence-electron chi connectivity index (χ0n) is 10.6. The fraction of sp³-hybridized carbons (Fsp3) is 0.429. The number of para-hydroxylation sites is 1. The molecule has 0 radical (unpaired) electrons. The minimum absolute atomic E-state index is 0.0540. The molecule has 0 aliphatic rings. The molecule has 0 aliphatic carbocycles. The van der Waals surface area contributed by atoms with Gasteiger partial charge in [-0.3, -0.25) is 9.48 Å². The summed E-state index contributed by atoms with van der Waals surface area (Å²) < 4.78 is 1.78. The molecule has 1 unspecified atom stereocenters. The largest absolute Gasteiger partial charge is 0.292 e. The number of aromatic nitrogens is 2. The van der Waals surface area contributed by atoms with Crippen molar-refractivity contribution in [3.63, 3.8) is 0 Å². The Bertz CT molecular complexity index is 542. The Labute approximate surface area is 101 Å². The van der Waals surface area contributed by atoms with Crippen LogP contribution in [0.5, 0.6) is 0 Å². The number of rotatable bonds is 4. The van der Waals surface area contributed by atoms with Crippen molar-refractivity contribution in [2.45, 2.75) is 26.7 Å². The summed E-state index contributed by atoms with van der Waals surface area (Å²) in [6.07, 6.45) is 1.95. The molecule has 0 aliphatic heterocycles. The summed E-state index contributed by atoms with van der Waals surface area (Å²) in [4.78, 5) is 12.3. The standard InChI is InChI=1S/C14H18N2O/c1-4-7-10(2)14(17)13-11-8-5-6-9-12(11)16(3)15-13/h5-6,8-10H,4,7H2,1-3H3. The second kappa shape index (κ2) is 4.70. The van der Waals surface area contributed by atoms with Crippen LogP contribution in [0.1, 0.15) is 37.2 Å². The van der Waals surface area contributed by atoms with E-state index in [0.29, 0.717) is 5.69 Å². The van der Waals surface area contributed by atoms with Crippen LogP contribution in [-0.4, -0.2) is 15.6 Å². The van der Waals surface area contributed by atoms with Crippen LogP contribution in [-0.2, 0) is 7.05 Å². The summed E-state index contributed by atoms with van der Waals surface area (Å²) in [5.41, 5.74) is 1.63. The van der Waals surface area contributed by atoms with Crippen molar-refractivity contribution in [1.82, 2.24) is 9.78 Å². The smallest absolute Gasteiger partial charge is 0.186 e. The van der Waals surface area contributed by atoms with Crippen molar-refractivity contribution in [1.29, 1.82) is 0 Å². The van der Waals surface area contributed by atoms with Gasteiger partial charge in [0, 0.05) is 18.4 Å². The number of fused-ring (bicyclic) bond motifs is 1. The molecular formula is C14H18N2O. The molecule has 1 aromatic heterocycles. The third-order valence-corrected chi connectivity index (χ3v) is 3.16. The molecule has 90 valence electrons. The van der Waals surface area contributed by atoms with Gasteiger partial charge >= 0.3 is 0 Å². The molecule has 3 heteroatoms. The summed E-state index contributed by atoms with van der Waals surface area (Å²) >= 11 is 0. The molecule has 17 heavy (non-hydrogen) atoms. The number of carbonyl (C=O) groups excluding carboxylic acids is 1. The van der Waals surface area contributed by atoms with Crippen LogP contribution in [0.4, 0.5) is 0 Å². The van der Waals surface area contributed by atoms with Crippen molar-refractivity contribution in [3.05, 3.63) is 30.0 Å². The van der Waals surface area contributed by atoms with Gasteiger partial charge in [-0.15, -0.1) is 0 Å². The average molecular weight is 230 g/mol. The van der Waals surface area contributed by atoms with Gasteiger partial charge in [-0.25, -0.2) is 0 Å². The molecule has 0 saturated heterocycles. The minimum Gasteiger partial charge on any atom is -0.292 e. The first kappa shape index (κ1) is 11.8. The van der Waals surface area contributed by atoms with E-state index in [1.165, 1.54) is 0 Å². The zero-order chi connectivity index (χ0) is 12.4. The number of aryl methyl sites for hydroxylation is 1. The van der Waals surface area contributed by atoms with Crippen LogP contribution >= 0.6 is 0 Å². The average Bonchev–Trinajstić information content (AvgIpc) is 2.67. The van der Waals surface area contributed by atoms with Crippen LogP contribution in [0, 0.1) is 5.92 Å². The molecule has 1 aromatic carbocycles. The second-order valence-corrected chi connectivity index (χ2v) is 4.54. The van der Waals surface area contributed by atoms with Gasteiger partial charge in [-0.2, -0.15) is 5.10 Å². The third-order valence-electron chi connectivity index (χ3n) is 3.16. The topological polar surface area (TPSA) is 34.9 Å². The van der Waals surface area contributed by atoms with Gasteiger partial charge in [0.1, 0.15) is 5.69 Å². The number of nitrogens with zero attached hydrogens (tertiary/aromatic N) is 2. The van der Waals surface area contributed by atoms with Gasteiger partial charge in [0.05, 0.1) is 5.52 Å². The molecule has 0 amide bonds. The lowest BCUT2D eigenvalue weighted by molar-refractivity contribution is 0.0919. The molecule has 2 aromatic rings. The highest BCUT2D eigenvalue weighted by Gasteiger charge is 2.20. The number of benzene rings is 1. The molecule has 0 spiro atoms. The molecular weight excluding hydrogens is 212 g/mol. The minimum atomic E-state index is 0.0540. The van der Waals surface area contributed by atoms with Gasteiger partial charge in [-0.05, 0) is 12.5 Å². The van der Waals surface area contributed by atoms with Crippen LogP contribution < -0.4 is 0 Å². The van der Waals surface area contributed by atoms with Gasteiger partial charge in [0.2, 0.25) is 0 Å². The first-order valence-corrected chi connectivity index (χ1v) is 6.11. The highest BCUT2D eigenvalue weighted by Crippen LogP contribution is 2.21. The molecule has 3 nitrogen and oxygen atoms in total. The fourth-order valence-electron chi connectivity index (χ4n) is 2.19. The third kappa shape index (κ3) is 2.09. The van der Waals surface area contributed by atoms with E-state index < -0.39 is 0 Å². The van der Waals surface area contributed by atoms with E-state index in [4.69, 9.17) is 0 Å². The van der Waals surface area contributed by atoms with E-state index in [2.05, 4.69) is 12.0 Å². The number of Topliss-reactive ketones (excluding diaryl/α,β-unsaturated/α-hetero) is 1. The number of carbonyl (C=O) groups is 1. The Morgan fingerprint density at radius 2 is 2.12 bits per heavy atom. The van der Waals surface area contributed by atoms with Gasteiger partial charge in [0.15, 0.2) is 5.78 Å². The van der Waals surface area contributed by atoms with Crippen LogP contribution in [0.3, 0.4) is 0 Å². The molecule has 0 saturated carbocycles. The summed E-state index contributed by atoms with van der Waals surface area (Å²) in [6.45, 7) is 4.08. The Morgan fingerprint density at radius 3 is 2.82 bits per heavy atom. The van der Waals surface area contributed by atoms with Crippen molar-refractivity contribution >= 4 is 16.7 Å². The first-order chi connectivity index (χ1) is 8.15. The van der Waals surface area contributed by atoms with Crippen molar-refractivity contribution < 1.29 is 4.79 Å². The highest BCUT2D eigenvalue weighted by molar-refractivity contribution is 6.06. The normalized spacial score (nSPS) is 12.9. The first-order valence-electron chi connectivity index (χ1n) is 6.11. The lowest BCUT2D eigenvalue weighted by atomic mass is 9.97. The van der Waals surface area contributed by atoms with E-state index in [1.807, 2.05) is 38.2 Å². The van der Waals surface area contributed by atoms with Crippen LogP contribution in [0.25, 0.3) is 10.9 Å². The fourth-order valence-corrected chi connectivity index (χ4v) is 2.19. The van der Waals surface area contributed by atoms with E-state index in [0.717, 1.165) is 23.7 Å². The molecule has 1 atom stereocenters. The van der Waals surface area contributed by atoms with Gasteiger partial charge in [0.25, 0.3) is 0 Å². The van der Waals surface area contributed by atoms with Gasteiger partial charge < -0.3 is 0 Å². The summed E-state index contributed by atoms with van der Waals surface area (Å²) in [7, 11) is 1.88. The maximum Gasteiger partial charge on any atom is 0.186 e. The van der Waals surface area contributed by atoms with E-state index >= 15 is 0 Å². The summed E-state index contributed by atoms with van der Waals surface area (Å²) in [5, 5.41) is 5.32. The molecule has 0 fully saturated rings. The van der Waals surface area contributed by atoms with E-state index in [9.17, 15) is 4.79 Å². The quantitative estimate of drug-likeness (QED) is 0.756. The Kier molecular flexibility index (Phi) is 3.27. The SMILES string of the molecule is CCCC(C)C(=O)c1nn(C)c2ccccc12. The zero-order valence-corrected chi connectivity index (χ0v) is 10.6. The maximum absolute atomic E-state index is 12.3. The Morgan fingerprint density at radius 1 is 1.41 bits per heavy atom. The number of hydrogen-bond acceptors (Lipinski definition) is 2. The number of hydrogen-bond donors (Lipinski definition) is 0. The van der Waals surface area contributed by atoms with Crippen molar-refractivity contribution in [2.24, 2.45) is 13.0 Å². The molecule has 0 bridgehead atoms. The lowest BCUT2D eigenvalue weighted by Gasteiger charge is -2.06. The van der Waals surface area contributed by atoms with Crippen LogP contribution in [0.15, 0.2) is 24.3 Å². The molecule has 2 rings (SSSR count). The van der Waals surface area contributed by atoms with E-state index in [-0.39, 0.29) is 11.7 Å². The summed E-state index contributed by atoms with van der Waals surface area (Å²) in [5.74, 6) is 0.210. The predicted octanol–water partition coefficient (Wildman–Crippen LogP) is 3.19. The molecule has 0 N–H and O–H groups in total. The van der Waals surface area contributed by atoms with Crippen LogP contribution in [0.2, 0.25) is 0 Å². The van der Waals surface area contributed by atoms with E-state index in [1.54, 1.807) is 4.68 Å². The molecule has 1 heterocycles. The Hall–Kier alpha value is -1.64. The summed E-state index contributed by atoms with van der Waals surface area (Å²) in [6, 6.07) is 7.87. The monoisotopic (exact) mass is 230 g/mol. The van der Waals surface area contributed by atoms with Crippen molar-refractivity contribution in [2.75, 3.05) is 0 Å². The maximum atomic E-state index is 12.3. The second-order valence-electron chi connectivity index (χ2n) is 4.54. The lowest BCUT2D eigenvalue weighted by Crippen LogP contribution is -2.12. The Balaban J connectivity index is 2.45. The number of ketones is 1. The predicted molar refractivity (Wildman–Crippen MR) is 69.1 cm³/mol. The highest BCUT2D eigenvalue weighted by atomic mass is 16.1.